The molecule has 1 aromatic carbocycles. The van der Waals surface area contributed by atoms with Crippen molar-refractivity contribution in [1.29, 1.82) is 5.26 Å². The van der Waals surface area contributed by atoms with Crippen LogP contribution in [0.4, 0.5) is 0 Å². The molecule has 78 valence electrons. The summed E-state index contributed by atoms with van der Waals surface area (Å²) < 4.78 is 0. The summed E-state index contributed by atoms with van der Waals surface area (Å²) in [5, 5.41) is 9.76. The molecule has 2 aromatic rings. The van der Waals surface area contributed by atoms with Gasteiger partial charge in [0, 0.05) is 17.1 Å². The second-order valence-electron chi connectivity index (χ2n) is 3.23. The lowest BCUT2D eigenvalue weighted by Crippen LogP contribution is -1.90. The Balaban J connectivity index is 2.47. The molecule has 0 saturated heterocycles. The van der Waals surface area contributed by atoms with Crippen LogP contribution in [0.1, 0.15) is 11.1 Å². The van der Waals surface area contributed by atoms with Crippen molar-refractivity contribution in [1.82, 2.24) is 9.97 Å². The lowest BCUT2D eigenvalue weighted by molar-refractivity contribution is 1.16. The van der Waals surface area contributed by atoms with Crippen LogP contribution < -0.4 is 0 Å². The highest BCUT2D eigenvalue weighted by atomic mass is 79.9. The van der Waals surface area contributed by atoms with E-state index in [1.165, 1.54) is 18.1 Å². The molecule has 0 saturated carbocycles. The van der Waals surface area contributed by atoms with Crippen LogP contribution in [0.3, 0.4) is 0 Å². The summed E-state index contributed by atoms with van der Waals surface area (Å²) in [6.45, 7) is 0. The Morgan fingerprint density at radius 2 is 2.00 bits per heavy atom. The number of rotatable bonds is 2. The molecule has 0 aliphatic carbocycles. The van der Waals surface area contributed by atoms with E-state index in [1.54, 1.807) is 0 Å². The molecule has 0 bridgehead atoms. The molecule has 0 radical (unpaired) electrons. The van der Waals surface area contributed by atoms with Gasteiger partial charge in [-0.15, -0.1) is 0 Å². The Morgan fingerprint density at radius 1 is 1.25 bits per heavy atom. The fourth-order valence-electron chi connectivity index (χ4n) is 1.39. The van der Waals surface area contributed by atoms with Crippen molar-refractivity contribution in [3.8, 4) is 17.3 Å². The molecule has 3 nitrogen and oxygen atoms in total. The molecule has 0 aliphatic rings. The van der Waals surface area contributed by atoms with Crippen LogP contribution in [0.5, 0.6) is 0 Å². The summed E-state index contributed by atoms with van der Waals surface area (Å²) >= 11 is 3.39. The van der Waals surface area contributed by atoms with Crippen molar-refractivity contribution in [3.05, 3.63) is 47.9 Å². The van der Waals surface area contributed by atoms with Crippen molar-refractivity contribution in [2.75, 3.05) is 0 Å². The van der Waals surface area contributed by atoms with Crippen molar-refractivity contribution >= 4 is 15.9 Å². The minimum absolute atomic E-state index is 0.495. The second-order valence-corrected chi connectivity index (χ2v) is 3.79. The van der Waals surface area contributed by atoms with E-state index in [-0.39, 0.29) is 0 Å². The Kier molecular flexibility index (Phi) is 3.28. The zero-order valence-electron chi connectivity index (χ0n) is 8.39. The number of alkyl halides is 1. The van der Waals surface area contributed by atoms with Crippen LogP contribution in [0.25, 0.3) is 11.3 Å². The van der Waals surface area contributed by atoms with E-state index in [0.717, 1.165) is 10.9 Å². The smallest absolute Gasteiger partial charge is 0.116 e. The number of hydrogen-bond donors (Lipinski definition) is 0. The maximum absolute atomic E-state index is 8.94. The van der Waals surface area contributed by atoms with Gasteiger partial charge in [0.25, 0.3) is 0 Å². The molecule has 2 rings (SSSR count). The lowest BCUT2D eigenvalue weighted by atomic mass is 10.1. The first-order valence-electron chi connectivity index (χ1n) is 4.70. The van der Waals surface area contributed by atoms with Gasteiger partial charge in [0.15, 0.2) is 0 Å². The van der Waals surface area contributed by atoms with Crippen LogP contribution in [-0.4, -0.2) is 9.97 Å². The van der Waals surface area contributed by atoms with E-state index in [1.807, 2.05) is 24.3 Å². The fourth-order valence-corrected chi connectivity index (χ4v) is 1.77. The maximum Gasteiger partial charge on any atom is 0.116 e. The number of nitrogens with zero attached hydrogens (tertiary/aromatic N) is 3. The average Bonchev–Trinajstić information content (AvgIpc) is 2.39. The van der Waals surface area contributed by atoms with Gasteiger partial charge in [0.1, 0.15) is 12.4 Å². The molecular weight excluding hydrogens is 266 g/mol. The molecule has 16 heavy (non-hydrogen) atoms. The molecule has 1 aromatic heterocycles. The third-order valence-electron chi connectivity index (χ3n) is 2.21. The SMILES string of the molecule is N#Cc1cncnc1-c1ccc(CBr)cc1. The van der Waals surface area contributed by atoms with Gasteiger partial charge in [-0.1, -0.05) is 40.2 Å². The van der Waals surface area contributed by atoms with Crippen LogP contribution in [0.2, 0.25) is 0 Å². The number of benzene rings is 1. The Morgan fingerprint density at radius 3 is 2.62 bits per heavy atom. The Hall–Kier alpha value is -1.73. The molecule has 0 unspecified atom stereocenters. The summed E-state index contributed by atoms with van der Waals surface area (Å²) in [6.07, 6.45) is 2.98. The van der Waals surface area contributed by atoms with Crippen LogP contribution in [0.15, 0.2) is 36.8 Å². The van der Waals surface area contributed by atoms with Gasteiger partial charge in [0.05, 0.1) is 11.3 Å². The topological polar surface area (TPSA) is 49.6 Å². The summed E-state index contributed by atoms with van der Waals surface area (Å²) in [5.74, 6) is 0. The van der Waals surface area contributed by atoms with Gasteiger partial charge in [-0.2, -0.15) is 5.26 Å². The molecule has 0 N–H and O–H groups in total. The Bertz CT molecular complexity index is 529. The number of aromatic nitrogens is 2. The second kappa shape index (κ2) is 4.86. The van der Waals surface area contributed by atoms with Crippen LogP contribution in [0, 0.1) is 11.3 Å². The maximum atomic E-state index is 8.94. The van der Waals surface area contributed by atoms with Crippen molar-refractivity contribution in [2.45, 2.75) is 5.33 Å². The van der Waals surface area contributed by atoms with E-state index in [2.05, 4.69) is 32.0 Å². The lowest BCUT2D eigenvalue weighted by Gasteiger charge is -2.02. The third kappa shape index (κ3) is 2.10. The largest absolute Gasteiger partial charge is 0.243 e. The number of hydrogen-bond acceptors (Lipinski definition) is 3. The van der Waals surface area contributed by atoms with E-state index < -0.39 is 0 Å². The molecular formula is C12H8BrN3. The molecule has 0 spiro atoms. The zero-order chi connectivity index (χ0) is 11.4. The van der Waals surface area contributed by atoms with E-state index >= 15 is 0 Å². The molecule has 4 heteroatoms. The van der Waals surface area contributed by atoms with E-state index in [4.69, 9.17) is 5.26 Å². The average molecular weight is 274 g/mol. The zero-order valence-corrected chi connectivity index (χ0v) is 9.98. The van der Waals surface area contributed by atoms with Crippen molar-refractivity contribution in [2.24, 2.45) is 0 Å². The summed E-state index contributed by atoms with van der Waals surface area (Å²) in [6, 6.07) is 10.0. The van der Waals surface area contributed by atoms with Gasteiger partial charge in [-0.3, -0.25) is 0 Å². The normalized spacial score (nSPS) is 9.75. The first-order chi connectivity index (χ1) is 7.85. The van der Waals surface area contributed by atoms with Crippen molar-refractivity contribution in [3.63, 3.8) is 0 Å². The van der Waals surface area contributed by atoms with Crippen molar-refractivity contribution < 1.29 is 0 Å². The predicted octanol–water partition coefficient (Wildman–Crippen LogP) is 2.91. The van der Waals surface area contributed by atoms with E-state index in [9.17, 15) is 0 Å². The summed E-state index contributed by atoms with van der Waals surface area (Å²) in [7, 11) is 0. The highest BCUT2D eigenvalue weighted by Gasteiger charge is 2.05. The Labute approximate surface area is 102 Å². The molecule has 0 fully saturated rings. The van der Waals surface area contributed by atoms with Gasteiger partial charge in [-0.25, -0.2) is 9.97 Å². The summed E-state index contributed by atoms with van der Waals surface area (Å²) in [4.78, 5) is 7.96. The van der Waals surface area contributed by atoms with Gasteiger partial charge >= 0.3 is 0 Å². The molecule has 0 aliphatic heterocycles. The van der Waals surface area contributed by atoms with Crippen LogP contribution in [-0.2, 0) is 5.33 Å². The minimum Gasteiger partial charge on any atom is -0.243 e. The quantitative estimate of drug-likeness (QED) is 0.791. The highest BCUT2D eigenvalue weighted by molar-refractivity contribution is 9.08. The molecule has 1 heterocycles. The number of nitriles is 1. The molecule has 0 amide bonds. The summed E-state index contributed by atoms with van der Waals surface area (Å²) in [5.41, 5.74) is 3.30. The predicted molar refractivity (Wildman–Crippen MR) is 64.8 cm³/mol. The third-order valence-corrected chi connectivity index (χ3v) is 2.86. The standard InChI is InChI=1S/C12H8BrN3/c13-5-9-1-3-10(4-2-9)12-11(6-14)7-15-8-16-12/h1-4,7-8H,5H2. The minimum atomic E-state index is 0.495. The van der Waals surface area contributed by atoms with E-state index in [0.29, 0.717) is 11.3 Å². The van der Waals surface area contributed by atoms with Gasteiger partial charge in [-0.05, 0) is 5.56 Å². The fraction of sp³-hybridized carbons (Fsp3) is 0.0833. The van der Waals surface area contributed by atoms with Crippen LogP contribution >= 0.6 is 15.9 Å². The van der Waals surface area contributed by atoms with Gasteiger partial charge in [0.2, 0.25) is 0 Å². The molecule has 0 atom stereocenters. The monoisotopic (exact) mass is 273 g/mol. The van der Waals surface area contributed by atoms with Gasteiger partial charge < -0.3 is 0 Å². The first kappa shape index (κ1) is 10.8. The highest BCUT2D eigenvalue weighted by Crippen LogP contribution is 2.20. The number of halogens is 1. The first-order valence-corrected chi connectivity index (χ1v) is 5.82.